The van der Waals surface area contributed by atoms with E-state index in [1.165, 1.54) is 19.5 Å². The van der Waals surface area contributed by atoms with Crippen molar-refractivity contribution < 1.29 is 0 Å². The third kappa shape index (κ3) is 1.96. The number of rotatable bonds is 3. The van der Waals surface area contributed by atoms with Gasteiger partial charge in [-0.3, -0.25) is 0 Å². The van der Waals surface area contributed by atoms with Crippen molar-refractivity contribution in [1.29, 1.82) is 0 Å². The Morgan fingerprint density at radius 3 is 2.27 bits per heavy atom. The van der Waals surface area contributed by atoms with Gasteiger partial charge < -0.3 is 4.90 Å². The molecule has 0 aromatic rings. The molecule has 0 N–H and O–H groups in total. The predicted molar refractivity (Wildman–Crippen MR) is 49.6 cm³/mol. The molecule has 1 fully saturated rings. The van der Waals surface area contributed by atoms with Gasteiger partial charge in [0.1, 0.15) is 0 Å². The van der Waals surface area contributed by atoms with Gasteiger partial charge in [0.15, 0.2) is 0 Å². The minimum Gasteiger partial charge on any atom is -0.306 e. The second kappa shape index (κ2) is 3.57. The Morgan fingerprint density at radius 2 is 1.91 bits per heavy atom. The van der Waals surface area contributed by atoms with Gasteiger partial charge in [-0.2, -0.15) is 0 Å². The molecule has 0 aromatic carbocycles. The maximum absolute atomic E-state index is 2.41. The molecule has 66 valence electrons. The summed E-state index contributed by atoms with van der Waals surface area (Å²) in [5, 5.41) is 0. The molecule has 1 saturated heterocycles. The fraction of sp³-hybridized carbons (Fsp3) is 1.00. The van der Waals surface area contributed by atoms with Gasteiger partial charge >= 0.3 is 0 Å². The third-order valence-electron chi connectivity index (χ3n) is 3.38. The van der Waals surface area contributed by atoms with E-state index in [1.807, 2.05) is 0 Å². The molecule has 1 aliphatic heterocycles. The van der Waals surface area contributed by atoms with Crippen molar-refractivity contribution in [3.05, 3.63) is 0 Å². The molecule has 1 heteroatoms. The van der Waals surface area contributed by atoms with Gasteiger partial charge in [0.25, 0.3) is 0 Å². The first-order chi connectivity index (χ1) is 5.15. The zero-order valence-electron chi connectivity index (χ0n) is 8.30. The van der Waals surface area contributed by atoms with E-state index >= 15 is 0 Å². The first-order valence-corrected chi connectivity index (χ1v) is 4.83. The lowest BCUT2D eigenvalue weighted by Gasteiger charge is -2.42. The van der Waals surface area contributed by atoms with Crippen molar-refractivity contribution in [2.24, 2.45) is 17.8 Å². The fourth-order valence-electron chi connectivity index (χ4n) is 1.92. The van der Waals surface area contributed by atoms with E-state index in [9.17, 15) is 0 Å². The van der Waals surface area contributed by atoms with Crippen molar-refractivity contribution >= 4 is 0 Å². The number of likely N-dealkylation sites (tertiary alicyclic amines) is 1. The molecule has 2 atom stereocenters. The van der Waals surface area contributed by atoms with E-state index in [0.717, 1.165) is 17.8 Å². The lowest BCUT2D eigenvalue weighted by molar-refractivity contribution is 0.0660. The van der Waals surface area contributed by atoms with Crippen molar-refractivity contribution in [2.45, 2.75) is 27.2 Å². The summed E-state index contributed by atoms with van der Waals surface area (Å²) < 4.78 is 0. The second-order valence-electron chi connectivity index (χ2n) is 4.23. The Morgan fingerprint density at radius 1 is 1.36 bits per heavy atom. The van der Waals surface area contributed by atoms with E-state index in [-0.39, 0.29) is 0 Å². The molecule has 0 amide bonds. The molecule has 1 heterocycles. The monoisotopic (exact) mass is 155 g/mol. The fourth-order valence-corrected chi connectivity index (χ4v) is 1.92. The standard InChI is InChI=1S/C10H21N/c1-5-8(2)9(3)10-6-11(4)7-10/h8-10H,5-7H2,1-4H3. The molecule has 0 spiro atoms. The molecule has 1 aliphatic rings. The van der Waals surface area contributed by atoms with Gasteiger partial charge in [-0.1, -0.05) is 27.2 Å². The summed E-state index contributed by atoms with van der Waals surface area (Å²) in [5.41, 5.74) is 0. The number of hydrogen-bond donors (Lipinski definition) is 0. The van der Waals surface area contributed by atoms with Crippen LogP contribution in [0.25, 0.3) is 0 Å². The molecule has 1 rings (SSSR count). The predicted octanol–water partition coefficient (Wildman–Crippen LogP) is 2.23. The first-order valence-electron chi connectivity index (χ1n) is 4.83. The van der Waals surface area contributed by atoms with E-state index in [1.54, 1.807) is 0 Å². The number of nitrogens with zero attached hydrogens (tertiary/aromatic N) is 1. The van der Waals surface area contributed by atoms with Crippen molar-refractivity contribution in [1.82, 2.24) is 4.90 Å². The summed E-state index contributed by atoms with van der Waals surface area (Å²) in [7, 11) is 2.21. The van der Waals surface area contributed by atoms with E-state index in [4.69, 9.17) is 0 Å². The smallest absolute Gasteiger partial charge is 0.00216 e. The van der Waals surface area contributed by atoms with Crippen LogP contribution in [0.4, 0.5) is 0 Å². The van der Waals surface area contributed by atoms with Crippen molar-refractivity contribution in [3.63, 3.8) is 0 Å². The van der Waals surface area contributed by atoms with E-state index < -0.39 is 0 Å². The zero-order chi connectivity index (χ0) is 8.43. The van der Waals surface area contributed by atoms with Crippen LogP contribution in [0, 0.1) is 17.8 Å². The van der Waals surface area contributed by atoms with Gasteiger partial charge in [-0.05, 0) is 24.8 Å². The summed E-state index contributed by atoms with van der Waals surface area (Å²) in [6, 6.07) is 0. The quantitative estimate of drug-likeness (QED) is 0.604. The molecule has 11 heavy (non-hydrogen) atoms. The van der Waals surface area contributed by atoms with Gasteiger partial charge in [0, 0.05) is 13.1 Å². The largest absolute Gasteiger partial charge is 0.306 e. The van der Waals surface area contributed by atoms with Crippen LogP contribution >= 0.6 is 0 Å². The Hall–Kier alpha value is -0.0400. The van der Waals surface area contributed by atoms with Crippen LogP contribution in [0.15, 0.2) is 0 Å². The van der Waals surface area contributed by atoms with Gasteiger partial charge in [0.2, 0.25) is 0 Å². The third-order valence-corrected chi connectivity index (χ3v) is 3.38. The maximum atomic E-state index is 2.41. The Kier molecular flexibility index (Phi) is 2.94. The van der Waals surface area contributed by atoms with Crippen LogP contribution in [-0.4, -0.2) is 25.0 Å². The topological polar surface area (TPSA) is 3.24 Å². The van der Waals surface area contributed by atoms with Crippen molar-refractivity contribution in [2.75, 3.05) is 20.1 Å². The highest BCUT2D eigenvalue weighted by molar-refractivity contribution is 4.82. The lowest BCUT2D eigenvalue weighted by atomic mass is 9.79. The normalized spacial score (nSPS) is 26.2. The summed E-state index contributed by atoms with van der Waals surface area (Å²) in [5.74, 6) is 2.82. The van der Waals surface area contributed by atoms with Crippen LogP contribution in [0.3, 0.4) is 0 Å². The van der Waals surface area contributed by atoms with Gasteiger partial charge in [0.05, 0.1) is 0 Å². The average molecular weight is 155 g/mol. The SMILES string of the molecule is CCC(C)C(C)C1CN(C)C1. The molecule has 0 bridgehead atoms. The van der Waals surface area contributed by atoms with Crippen LogP contribution in [-0.2, 0) is 0 Å². The average Bonchev–Trinajstić information content (AvgIpc) is 1.96. The summed E-state index contributed by atoms with van der Waals surface area (Å²) in [4.78, 5) is 2.41. The molecular formula is C10H21N. The molecule has 0 saturated carbocycles. The summed E-state index contributed by atoms with van der Waals surface area (Å²) >= 11 is 0. The Balaban J connectivity index is 2.25. The highest BCUT2D eigenvalue weighted by Gasteiger charge is 2.30. The van der Waals surface area contributed by atoms with Crippen LogP contribution in [0.1, 0.15) is 27.2 Å². The first kappa shape index (κ1) is 9.05. The highest BCUT2D eigenvalue weighted by Crippen LogP contribution is 2.29. The Labute approximate surface area is 70.8 Å². The van der Waals surface area contributed by atoms with Crippen molar-refractivity contribution in [3.8, 4) is 0 Å². The molecule has 0 aromatic heterocycles. The van der Waals surface area contributed by atoms with Gasteiger partial charge in [-0.15, -0.1) is 0 Å². The van der Waals surface area contributed by atoms with Gasteiger partial charge in [-0.25, -0.2) is 0 Å². The molecule has 0 radical (unpaired) electrons. The molecule has 0 aliphatic carbocycles. The Bertz CT molecular complexity index is 116. The lowest BCUT2D eigenvalue weighted by Crippen LogP contribution is -2.47. The second-order valence-corrected chi connectivity index (χ2v) is 4.23. The minimum absolute atomic E-state index is 0.911. The maximum Gasteiger partial charge on any atom is 0.00216 e. The molecule has 1 nitrogen and oxygen atoms in total. The van der Waals surface area contributed by atoms with Crippen LogP contribution in [0.2, 0.25) is 0 Å². The van der Waals surface area contributed by atoms with Crippen LogP contribution in [0.5, 0.6) is 0 Å². The molecule has 2 unspecified atom stereocenters. The summed E-state index contributed by atoms with van der Waals surface area (Å²) in [6.45, 7) is 9.73. The molecular weight excluding hydrogens is 134 g/mol. The summed E-state index contributed by atoms with van der Waals surface area (Å²) in [6.07, 6.45) is 1.33. The van der Waals surface area contributed by atoms with E-state index in [2.05, 4.69) is 32.7 Å². The zero-order valence-corrected chi connectivity index (χ0v) is 8.30. The van der Waals surface area contributed by atoms with Crippen LogP contribution < -0.4 is 0 Å². The highest BCUT2D eigenvalue weighted by atomic mass is 15.2. The minimum atomic E-state index is 0.911. The van der Waals surface area contributed by atoms with E-state index in [0.29, 0.717) is 0 Å². The number of hydrogen-bond acceptors (Lipinski definition) is 1.